The lowest BCUT2D eigenvalue weighted by atomic mass is 10.0. The minimum atomic E-state index is -1.56. The molecule has 1 aliphatic heterocycles. The molecule has 0 bridgehead atoms. The van der Waals surface area contributed by atoms with Crippen LogP contribution in [0.15, 0.2) is 36.3 Å². The number of aliphatic hydroxyl groups excluding tert-OH is 1. The van der Waals surface area contributed by atoms with Crippen molar-refractivity contribution in [1.29, 1.82) is 5.41 Å². The molecule has 28 heteroatoms. The van der Waals surface area contributed by atoms with Crippen molar-refractivity contribution in [3.8, 4) is 0 Å². The van der Waals surface area contributed by atoms with E-state index in [-0.39, 0.29) is 77.1 Å². The Morgan fingerprint density at radius 2 is 1.42 bits per heavy atom. The van der Waals surface area contributed by atoms with E-state index < -0.39 is 120 Å². The molecule has 1 fully saturated rings. The minimum Gasteiger partial charge on any atom is -0.477 e. The Hall–Kier alpha value is -6.85. The highest BCUT2D eigenvalue weighted by molar-refractivity contribution is 5.99. The van der Waals surface area contributed by atoms with E-state index in [9.17, 15) is 53.4 Å². The number of carbonyl (C=O) groups is 9. The Kier molecular flexibility index (Phi) is 28.8. The number of likely N-dealkylation sites (tertiary alicyclic amines) is 1. The topological polar surface area (TPSA) is 486 Å². The highest BCUT2D eigenvalue weighted by Gasteiger charge is 2.39. The molecule has 1 aliphatic rings. The number of aliphatic hydroxyl groups is 1. The number of guanidine groups is 1. The molecular weight excluding hydrogens is 955 g/mol. The number of carbonyl (C=O) groups excluding carboxylic acids is 8. The summed E-state index contributed by atoms with van der Waals surface area (Å²) >= 11 is 0. The van der Waals surface area contributed by atoms with Gasteiger partial charge in [-0.1, -0.05) is 12.5 Å². The minimum absolute atomic E-state index is 0.0499. The molecule has 0 spiro atoms. The van der Waals surface area contributed by atoms with E-state index in [1.54, 1.807) is 12.1 Å². The monoisotopic (exact) mass is 1030 g/mol. The van der Waals surface area contributed by atoms with Crippen LogP contribution in [0.25, 0.3) is 0 Å². The van der Waals surface area contributed by atoms with Gasteiger partial charge in [-0.15, -0.1) is 0 Å². The van der Waals surface area contributed by atoms with E-state index in [1.807, 2.05) is 0 Å². The van der Waals surface area contributed by atoms with Crippen molar-refractivity contribution in [2.75, 3.05) is 45.8 Å². The summed E-state index contributed by atoms with van der Waals surface area (Å²) in [7, 11) is 0. The maximum Gasteiger partial charge on any atom is 0.352 e. The number of nitrogens with one attached hydrogen (secondary N) is 9. The summed E-state index contributed by atoms with van der Waals surface area (Å²) in [5.41, 5.74) is 33.8. The number of amides is 8. The maximum atomic E-state index is 14.2. The molecule has 8 amide bonds. The third kappa shape index (κ3) is 22.6. The lowest BCUT2D eigenvalue weighted by molar-refractivity contribution is -0.142. The number of aliphatic carboxylic acids is 1. The second-order valence-electron chi connectivity index (χ2n) is 17.4. The van der Waals surface area contributed by atoms with Gasteiger partial charge in [0, 0.05) is 38.4 Å². The molecule has 408 valence electrons. The second-order valence-corrected chi connectivity index (χ2v) is 17.4. The van der Waals surface area contributed by atoms with Crippen LogP contribution in [0.3, 0.4) is 0 Å². The molecule has 1 aromatic heterocycles. The number of unbranched alkanes of at least 4 members (excludes halogenated alkanes) is 2. The fraction of sp³-hybridized carbons (Fsp3) is 0.622. The summed E-state index contributed by atoms with van der Waals surface area (Å²) in [5.74, 6) is -8.08. The number of carboxylic acids is 1. The van der Waals surface area contributed by atoms with Crippen LogP contribution in [-0.4, -0.2) is 173 Å². The van der Waals surface area contributed by atoms with Gasteiger partial charge in [0.1, 0.15) is 41.9 Å². The number of hydrogen-bond donors (Lipinski definition) is 17. The molecule has 2 heterocycles. The van der Waals surface area contributed by atoms with Crippen molar-refractivity contribution in [3.63, 3.8) is 0 Å². The summed E-state index contributed by atoms with van der Waals surface area (Å²) in [6, 6.07) is -5.53. The average molecular weight is 1030 g/mol. The summed E-state index contributed by atoms with van der Waals surface area (Å²) in [5, 5.41) is 47.4. The number of carboxylic acid groups (broad SMARTS) is 1. The van der Waals surface area contributed by atoms with Crippen LogP contribution in [0.5, 0.6) is 0 Å². The standard InChI is InChI=1S/C45H77N17O11/c1-26(56-42(70)36(34(63)24-49)61-38(66)28(50)9-2-4-16-46)37(65)55-25-35(64)57-30(11-6-18-48)43(71)62-22-8-13-33(62)41(69)60-32(23-27-14-20-53-21-15-27)40(68)58-29(10-3-5-17-47)39(67)59-31(44(72)73)12-7-19-54-45(51)52/h12,14-15,20-21,26,28-30,32-34,36,63H,2-11,13,16-19,22-25,46-50H2,1H3,(H,55,65)(H,56,70)(H,57,64)(H,58,68)(H,59,67)(H,60,69)(H,61,66)(H,72,73)(H4,51,52,54)/b31-12-/t26-,28-,29-,30+,32?,33-,34-,36-/m0/s1. The van der Waals surface area contributed by atoms with Gasteiger partial charge < -0.3 is 92.0 Å². The van der Waals surface area contributed by atoms with Crippen LogP contribution < -0.4 is 76.9 Å². The van der Waals surface area contributed by atoms with Crippen molar-refractivity contribution >= 4 is 59.2 Å². The molecule has 8 atom stereocenters. The van der Waals surface area contributed by atoms with Gasteiger partial charge in [-0.05, 0) is 108 Å². The lowest BCUT2D eigenvalue weighted by Crippen LogP contribution is -2.60. The van der Waals surface area contributed by atoms with Crippen molar-refractivity contribution in [1.82, 2.24) is 52.4 Å². The van der Waals surface area contributed by atoms with Crippen molar-refractivity contribution < 1.29 is 53.4 Å². The molecule has 2 rings (SSSR count). The van der Waals surface area contributed by atoms with Gasteiger partial charge in [0.05, 0.1) is 18.7 Å². The Labute approximate surface area is 423 Å². The van der Waals surface area contributed by atoms with Crippen molar-refractivity contribution in [3.05, 3.63) is 41.9 Å². The van der Waals surface area contributed by atoms with Crippen LogP contribution in [0.2, 0.25) is 0 Å². The maximum absolute atomic E-state index is 14.2. The summed E-state index contributed by atoms with van der Waals surface area (Å²) in [6.45, 7) is 1.26. The molecule has 0 radical (unpaired) electrons. The SMILES string of the molecule is C[C@H](NC(=O)[C@@H](NC(=O)[C@@H](N)CCCCN)[C@@H](O)CN)C(=O)NCC(=O)N[C@H](CCCN)C(=O)N1CCC[C@H]1C(=O)NC(Cc1ccncc1)C(=O)N[C@@H](CCCCN)C(=O)N/C(=C\CCNC(=N)N)C(=O)O. The first kappa shape index (κ1) is 62.3. The molecular formula is C45H77N17O11. The van der Waals surface area contributed by atoms with Crippen LogP contribution in [0.1, 0.15) is 83.1 Å². The predicted octanol–water partition coefficient (Wildman–Crippen LogP) is -6.22. The lowest BCUT2D eigenvalue weighted by Gasteiger charge is -2.30. The largest absolute Gasteiger partial charge is 0.477 e. The number of nitrogens with zero attached hydrogens (tertiary/aromatic N) is 2. The zero-order valence-corrected chi connectivity index (χ0v) is 41.4. The van der Waals surface area contributed by atoms with Crippen LogP contribution >= 0.6 is 0 Å². The van der Waals surface area contributed by atoms with E-state index in [2.05, 4.69) is 47.5 Å². The number of pyridine rings is 1. The zero-order valence-electron chi connectivity index (χ0n) is 41.4. The number of rotatable bonds is 34. The van der Waals surface area contributed by atoms with Gasteiger partial charge in [-0.2, -0.15) is 0 Å². The summed E-state index contributed by atoms with van der Waals surface area (Å²) < 4.78 is 0. The second kappa shape index (κ2) is 33.7. The van der Waals surface area contributed by atoms with Gasteiger partial charge >= 0.3 is 5.97 Å². The third-order valence-corrected chi connectivity index (χ3v) is 11.6. The molecule has 1 aromatic rings. The van der Waals surface area contributed by atoms with E-state index >= 15 is 0 Å². The Morgan fingerprint density at radius 3 is 2.04 bits per heavy atom. The molecule has 0 saturated carbocycles. The van der Waals surface area contributed by atoms with E-state index in [0.29, 0.717) is 44.2 Å². The Morgan fingerprint density at radius 1 is 0.781 bits per heavy atom. The zero-order chi connectivity index (χ0) is 54.5. The number of aromatic nitrogens is 1. The fourth-order valence-electron chi connectivity index (χ4n) is 7.49. The van der Waals surface area contributed by atoms with Gasteiger partial charge in [-0.3, -0.25) is 48.7 Å². The number of hydrogen-bond acceptors (Lipinski definition) is 17. The van der Waals surface area contributed by atoms with Gasteiger partial charge in [-0.25, -0.2) is 4.79 Å². The first-order chi connectivity index (χ1) is 34.8. The van der Waals surface area contributed by atoms with Crippen molar-refractivity contribution in [2.45, 2.75) is 132 Å². The van der Waals surface area contributed by atoms with E-state index in [0.717, 1.165) is 0 Å². The van der Waals surface area contributed by atoms with Gasteiger partial charge in [0.25, 0.3) is 0 Å². The van der Waals surface area contributed by atoms with Crippen LogP contribution in [-0.2, 0) is 49.6 Å². The summed E-state index contributed by atoms with van der Waals surface area (Å²) in [6.07, 6.45) is 5.87. The van der Waals surface area contributed by atoms with Gasteiger partial charge in [0.2, 0.25) is 47.3 Å². The Bertz CT molecular complexity index is 2030. The molecule has 0 aliphatic carbocycles. The smallest absolute Gasteiger partial charge is 0.352 e. The van der Waals surface area contributed by atoms with Crippen LogP contribution in [0, 0.1) is 5.41 Å². The van der Waals surface area contributed by atoms with Crippen molar-refractivity contribution in [2.24, 2.45) is 34.4 Å². The molecule has 0 aromatic carbocycles. The van der Waals surface area contributed by atoms with Crippen LogP contribution in [0.4, 0.5) is 0 Å². The summed E-state index contributed by atoms with van der Waals surface area (Å²) in [4.78, 5) is 125. The average Bonchev–Trinajstić information content (AvgIpc) is 3.86. The third-order valence-electron chi connectivity index (χ3n) is 11.6. The molecule has 1 unspecified atom stereocenters. The highest BCUT2D eigenvalue weighted by Crippen LogP contribution is 2.20. The first-order valence-electron chi connectivity index (χ1n) is 24.3. The predicted molar refractivity (Wildman–Crippen MR) is 267 cm³/mol. The number of nitrogens with two attached hydrogens (primary N) is 6. The molecule has 28 nitrogen and oxygen atoms in total. The Balaban J connectivity index is 2.22. The normalized spacial score (nSPS) is 16.2. The first-order valence-corrected chi connectivity index (χ1v) is 24.3. The highest BCUT2D eigenvalue weighted by atomic mass is 16.4. The fourth-order valence-corrected chi connectivity index (χ4v) is 7.49. The molecule has 73 heavy (non-hydrogen) atoms. The van der Waals surface area contributed by atoms with E-state index in [1.165, 1.54) is 30.3 Å². The molecule has 1 saturated heterocycles. The molecule has 23 N–H and O–H groups in total. The van der Waals surface area contributed by atoms with Gasteiger partial charge in [0.15, 0.2) is 5.96 Å². The van der Waals surface area contributed by atoms with E-state index in [4.69, 9.17) is 39.8 Å². The quantitative estimate of drug-likeness (QED) is 0.0132.